The molecule has 0 amide bonds. The van der Waals surface area contributed by atoms with Gasteiger partial charge in [0.1, 0.15) is 13.2 Å². The molecule has 0 unspecified atom stereocenters. The Morgan fingerprint density at radius 3 is 2.68 bits per heavy atom. The van der Waals surface area contributed by atoms with Crippen molar-refractivity contribution in [1.82, 2.24) is 9.55 Å². The molecular formula is C18H12ClN3O3. The number of hydrogen-bond donors (Lipinski definition) is 0. The Balaban J connectivity index is 1.94. The third kappa shape index (κ3) is 3.37. The van der Waals surface area contributed by atoms with Crippen LogP contribution < -0.4 is 5.56 Å². The van der Waals surface area contributed by atoms with Crippen molar-refractivity contribution in [2.24, 2.45) is 0 Å². The zero-order chi connectivity index (χ0) is 17.8. The maximum absolute atomic E-state index is 12.5. The smallest absolute Gasteiger partial charge is 0.340 e. The van der Waals surface area contributed by atoms with Gasteiger partial charge in [0.25, 0.3) is 5.56 Å². The van der Waals surface area contributed by atoms with Gasteiger partial charge in [-0.25, -0.2) is 9.78 Å². The molecule has 7 heteroatoms. The fraction of sp³-hybridized carbons (Fsp3) is 0.111. The van der Waals surface area contributed by atoms with Gasteiger partial charge in [-0.1, -0.05) is 35.9 Å². The molecule has 0 N–H and O–H groups in total. The summed E-state index contributed by atoms with van der Waals surface area (Å²) in [6, 6.07) is 15.2. The first kappa shape index (κ1) is 16.7. The average Bonchev–Trinajstić information content (AvgIpc) is 2.63. The summed E-state index contributed by atoms with van der Waals surface area (Å²) in [6.07, 6.45) is 0. The third-order valence-corrected chi connectivity index (χ3v) is 3.93. The molecule has 0 atom stereocenters. The second-order valence-electron chi connectivity index (χ2n) is 5.15. The predicted octanol–water partition coefficient (Wildman–Crippen LogP) is 2.93. The van der Waals surface area contributed by atoms with E-state index in [0.29, 0.717) is 10.9 Å². The number of carbonyl (C=O) groups excluding carboxylic acids is 1. The van der Waals surface area contributed by atoms with Gasteiger partial charge in [0, 0.05) is 0 Å². The highest BCUT2D eigenvalue weighted by molar-refractivity contribution is 6.33. The first-order chi connectivity index (χ1) is 12.1. The van der Waals surface area contributed by atoms with Crippen molar-refractivity contribution >= 4 is 28.5 Å². The number of nitrogens with zero attached hydrogens (tertiary/aromatic N) is 3. The Kier molecular flexibility index (Phi) is 4.78. The van der Waals surface area contributed by atoms with Crippen molar-refractivity contribution in [3.63, 3.8) is 0 Å². The summed E-state index contributed by atoms with van der Waals surface area (Å²) >= 11 is 5.97. The first-order valence-corrected chi connectivity index (χ1v) is 7.76. The van der Waals surface area contributed by atoms with E-state index in [1.54, 1.807) is 48.5 Å². The van der Waals surface area contributed by atoms with E-state index in [9.17, 15) is 9.59 Å². The van der Waals surface area contributed by atoms with Crippen LogP contribution >= 0.6 is 11.6 Å². The molecule has 2 aromatic carbocycles. The highest BCUT2D eigenvalue weighted by Crippen LogP contribution is 2.16. The number of halogens is 1. The predicted molar refractivity (Wildman–Crippen MR) is 92.2 cm³/mol. The van der Waals surface area contributed by atoms with Gasteiger partial charge in [-0.05, 0) is 24.3 Å². The number of hydrogen-bond acceptors (Lipinski definition) is 5. The largest absolute Gasteiger partial charge is 0.454 e. The summed E-state index contributed by atoms with van der Waals surface area (Å²) in [5.74, 6) is -0.429. The molecule has 0 saturated carbocycles. The van der Waals surface area contributed by atoms with Crippen LogP contribution in [-0.2, 0) is 17.9 Å². The van der Waals surface area contributed by atoms with E-state index in [4.69, 9.17) is 21.6 Å². The lowest BCUT2D eigenvalue weighted by Crippen LogP contribution is -2.26. The highest BCUT2D eigenvalue weighted by atomic mass is 35.5. The van der Waals surface area contributed by atoms with E-state index in [0.717, 1.165) is 0 Å². The lowest BCUT2D eigenvalue weighted by atomic mass is 10.2. The molecule has 1 heterocycles. The molecule has 0 bridgehead atoms. The van der Waals surface area contributed by atoms with E-state index in [2.05, 4.69) is 4.98 Å². The van der Waals surface area contributed by atoms with Crippen LogP contribution in [0.15, 0.2) is 53.3 Å². The van der Waals surface area contributed by atoms with Crippen LogP contribution in [0.25, 0.3) is 10.9 Å². The van der Waals surface area contributed by atoms with Crippen LogP contribution in [0.1, 0.15) is 16.2 Å². The summed E-state index contributed by atoms with van der Waals surface area (Å²) in [6.45, 7) is -0.429. The topological polar surface area (TPSA) is 85.0 Å². The SMILES string of the molecule is N#CCn1c(COC(=O)c2ccccc2Cl)nc2ccccc2c1=O. The number of para-hydroxylation sites is 1. The summed E-state index contributed by atoms with van der Waals surface area (Å²) < 4.78 is 6.43. The zero-order valence-corrected chi connectivity index (χ0v) is 13.7. The van der Waals surface area contributed by atoms with Crippen molar-refractivity contribution in [1.29, 1.82) is 5.26 Å². The van der Waals surface area contributed by atoms with Gasteiger partial charge < -0.3 is 4.74 Å². The molecule has 25 heavy (non-hydrogen) atoms. The van der Waals surface area contributed by atoms with Crippen LogP contribution in [0.3, 0.4) is 0 Å². The van der Waals surface area contributed by atoms with Crippen LogP contribution in [0, 0.1) is 11.3 Å². The van der Waals surface area contributed by atoms with Crippen molar-refractivity contribution < 1.29 is 9.53 Å². The fourth-order valence-electron chi connectivity index (χ4n) is 2.39. The first-order valence-electron chi connectivity index (χ1n) is 7.39. The number of esters is 1. The van der Waals surface area contributed by atoms with Gasteiger partial charge in [-0.2, -0.15) is 5.26 Å². The standard InChI is InChI=1S/C18H12ClN3O3/c19-14-7-3-1-5-12(14)18(24)25-11-16-21-15-8-4-2-6-13(15)17(23)22(16)10-9-20/h1-8H,10-11H2. The number of benzene rings is 2. The Morgan fingerprint density at radius 2 is 1.92 bits per heavy atom. The van der Waals surface area contributed by atoms with Gasteiger partial charge in [0.05, 0.1) is 27.6 Å². The second-order valence-corrected chi connectivity index (χ2v) is 5.56. The number of fused-ring (bicyclic) bond motifs is 1. The molecule has 0 radical (unpaired) electrons. The average molecular weight is 354 g/mol. The van der Waals surface area contributed by atoms with Crippen LogP contribution in [-0.4, -0.2) is 15.5 Å². The van der Waals surface area contributed by atoms with Gasteiger partial charge in [0.2, 0.25) is 0 Å². The van der Waals surface area contributed by atoms with Crippen molar-refractivity contribution in [3.05, 3.63) is 75.3 Å². The van der Waals surface area contributed by atoms with Crippen molar-refractivity contribution in [3.8, 4) is 6.07 Å². The summed E-state index contributed by atoms with van der Waals surface area (Å²) in [5.41, 5.74) is 0.348. The van der Waals surface area contributed by atoms with Crippen LogP contribution in [0.5, 0.6) is 0 Å². The molecule has 0 fully saturated rings. The maximum atomic E-state index is 12.5. The van der Waals surface area contributed by atoms with E-state index in [1.165, 1.54) is 4.57 Å². The summed E-state index contributed by atoms with van der Waals surface area (Å²) in [7, 11) is 0. The molecule has 3 rings (SSSR count). The minimum Gasteiger partial charge on any atom is -0.454 e. The second kappa shape index (κ2) is 7.16. The summed E-state index contributed by atoms with van der Waals surface area (Å²) in [4.78, 5) is 29.0. The van der Waals surface area contributed by atoms with Crippen molar-refractivity contribution in [2.45, 2.75) is 13.2 Å². The fourth-order valence-corrected chi connectivity index (χ4v) is 2.61. The Hall–Kier alpha value is -3.17. The highest BCUT2D eigenvalue weighted by Gasteiger charge is 2.15. The molecule has 0 aliphatic heterocycles. The zero-order valence-electron chi connectivity index (χ0n) is 13.0. The lowest BCUT2D eigenvalue weighted by Gasteiger charge is -2.11. The molecule has 0 aliphatic carbocycles. The van der Waals surface area contributed by atoms with Crippen LogP contribution in [0.4, 0.5) is 0 Å². The molecule has 0 aliphatic rings. The Bertz CT molecular complexity index is 1050. The molecular weight excluding hydrogens is 342 g/mol. The molecule has 0 saturated heterocycles. The molecule has 3 aromatic rings. The Labute approximate surface area is 147 Å². The minimum absolute atomic E-state index is 0.185. The number of nitriles is 1. The Morgan fingerprint density at radius 1 is 1.20 bits per heavy atom. The lowest BCUT2D eigenvalue weighted by molar-refractivity contribution is 0.0457. The molecule has 124 valence electrons. The van der Waals surface area contributed by atoms with E-state index >= 15 is 0 Å². The summed E-state index contributed by atoms with van der Waals surface area (Å²) in [5, 5.41) is 9.64. The van der Waals surface area contributed by atoms with E-state index < -0.39 is 5.97 Å². The normalized spacial score (nSPS) is 10.4. The maximum Gasteiger partial charge on any atom is 0.340 e. The van der Waals surface area contributed by atoms with Gasteiger partial charge in [0.15, 0.2) is 5.82 Å². The molecule has 6 nitrogen and oxygen atoms in total. The van der Waals surface area contributed by atoms with Crippen molar-refractivity contribution in [2.75, 3.05) is 0 Å². The van der Waals surface area contributed by atoms with E-state index in [1.807, 2.05) is 6.07 Å². The van der Waals surface area contributed by atoms with Crippen LogP contribution in [0.2, 0.25) is 5.02 Å². The van der Waals surface area contributed by atoms with Gasteiger partial charge in [-0.3, -0.25) is 9.36 Å². The van der Waals surface area contributed by atoms with Gasteiger partial charge >= 0.3 is 5.97 Å². The number of carbonyl (C=O) groups is 1. The number of rotatable bonds is 4. The number of ether oxygens (including phenoxy) is 1. The molecule has 1 aromatic heterocycles. The van der Waals surface area contributed by atoms with E-state index in [-0.39, 0.29) is 35.1 Å². The minimum atomic E-state index is -0.628. The monoisotopic (exact) mass is 353 g/mol. The number of aromatic nitrogens is 2. The quantitative estimate of drug-likeness (QED) is 0.673. The molecule has 0 spiro atoms. The van der Waals surface area contributed by atoms with Gasteiger partial charge in [-0.15, -0.1) is 0 Å². The third-order valence-electron chi connectivity index (χ3n) is 3.60.